The van der Waals surface area contributed by atoms with Crippen molar-refractivity contribution in [2.75, 3.05) is 5.73 Å². The molecule has 48 heavy (non-hydrogen) atoms. The number of aromatic carboxylic acids is 1. The molecule has 0 heterocycles. The zero-order valence-corrected chi connectivity index (χ0v) is 28.8. The van der Waals surface area contributed by atoms with Crippen molar-refractivity contribution < 1.29 is 20.1 Å². The Bertz CT molecular complexity index is 1860. The predicted molar refractivity (Wildman–Crippen MR) is 197 cm³/mol. The molecule has 2 atom stereocenters. The first-order valence-corrected chi connectivity index (χ1v) is 16.6. The third kappa shape index (κ3) is 7.79. The molecule has 5 rings (SSSR count). The van der Waals surface area contributed by atoms with Gasteiger partial charge >= 0.3 is 5.97 Å². The summed E-state index contributed by atoms with van der Waals surface area (Å²) in [6, 6.07) is 22.2. The minimum atomic E-state index is -0.973. The van der Waals surface area contributed by atoms with Gasteiger partial charge in [0, 0.05) is 40.4 Å². The molecule has 1 fully saturated rings. The molecule has 1 aliphatic rings. The fourth-order valence-electron chi connectivity index (χ4n) is 6.30. The zero-order chi connectivity index (χ0) is 34.8. The van der Waals surface area contributed by atoms with E-state index in [0.717, 1.165) is 59.1 Å². The van der Waals surface area contributed by atoms with Crippen LogP contribution < -0.4 is 5.73 Å². The highest BCUT2D eigenvalue weighted by atomic mass is 16.4. The molecular formula is C41H47N3O4. The van der Waals surface area contributed by atoms with Gasteiger partial charge in [0.2, 0.25) is 0 Å². The normalized spacial score (nSPS) is 17.3. The number of nitrogens with zero attached hydrogens (tertiary/aromatic N) is 2. The first-order chi connectivity index (χ1) is 22.6. The lowest BCUT2D eigenvalue weighted by atomic mass is 9.83. The maximum absolute atomic E-state index is 11.4. The van der Waals surface area contributed by atoms with Crippen LogP contribution in [0.1, 0.15) is 99.8 Å². The number of carboxylic acids is 1. The quantitative estimate of drug-likeness (QED) is 0.118. The van der Waals surface area contributed by atoms with Gasteiger partial charge in [-0.15, -0.1) is 0 Å². The molecule has 0 unspecified atom stereocenters. The van der Waals surface area contributed by atoms with Gasteiger partial charge < -0.3 is 21.1 Å². The van der Waals surface area contributed by atoms with Crippen LogP contribution in [0.5, 0.6) is 11.5 Å². The SMILES string of the molecule is CC(C)(C)c1cc(-c2ccc(C(=O)O)cc2)cc(C=N[C@@H]2CCCC[C@H]2N=Cc2cc(-c3cccc(N)c3)cc(C(C)(C)C)c2O)c1O. The predicted octanol–water partition coefficient (Wildman–Crippen LogP) is 9.16. The van der Waals surface area contributed by atoms with Crippen LogP contribution in [0.15, 0.2) is 82.8 Å². The molecule has 4 aromatic rings. The lowest BCUT2D eigenvalue weighted by molar-refractivity contribution is 0.0697. The van der Waals surface area contributed by atoms with Crippen molar-refractivity contribution >= 4 is 24.1 Å². The van der Waals surface area contributed by atoms with E-state index in [1.165, 1.54) is 0 Å². The molecule has 0 spiro atoms. The number of phenolic OH excluding ortho intramolecular Hbond substituents is 2. The monoisotopic (exact) mass is 645 g/mol. The second-order valence-electron chi connectivity index (χ2n) is 14.9. The Morgan fingerprint density at radius 3 is 1.60 bits per heavy atom. The van der Waals surface area contributed by atoms with Crippen LogP contribution in [0.4, 0.5) is 5.69 Å². The molecule has 5 N–H and O–H groups in total. The third-order valence-corrected chi connectivity index (χ3v) is 9.08. The molecule has 0 aromatic heterocycles. The van der Waals surface area contributed by atoms with Crippen molar-refractivity contribution in [1.29, 1.82) is 0 Å². The number of hydrogen-bond donors (Lipinski definition) is 4. The summed E-state index contributed by atoms with van der Waals surface area (Å²) in [7, 11) is 0. The van der Waals surface area contributed by atoms with E-state index < -0.39 is 5.97 Å². The van der Waals surface area contributed by atoms with Gasteiger partial charge in [-0.3, -0.25) is 9.98 Å². The van der Waals surface area contributed by atoms with E-state index in [9.17, 15) is 20.1 Å². The maximum Gasteiger partial charge on any atom is 0.335 e. The van der Waals surface area contributed by atoms with Crippen LogP contribution >= 0.6 is 0 Å². The van der Waals surface area contributed by atoms with E-state index in [-0.39, 0.29) is 40.0 Å². The third-order valence-electron chi connectivity index (χ3n) is 9.08. The average Bonchev–Trinajstić information content (AvgIpc) is 3.03. The van der Waals surface area contributed by atoms with Crippen molar-refractivity contribution in [3.05, 3.63) is 101 Å². The standard InChI is InChI=1S/C41H47N3O4/c1-40(2,3)33-21-28(25-14-16-26(17-15-25)39(47)48)18-30(37(33)45)23-43-35-12-7-8-13-36(35)44-24-31-19-29(27-10-9-11-32(42)20-27)22-34(38(31)46)41(4,5)6/h9-11,14-24,35-36,45-46H,7-8,12-13,42H2,1-6H3,(H,47,48)/t35-,36-/m1/s1. The minimum absolute atomic E-state index is 0.0838. The highest BCUT2D eigenvalue weighted by molar-refractivity contribution is 5.90. The van der Waals surface area contributed by atoms with Gasteiger partial charge in [-0.05, 0) is 94.5 Å². The lowest BCUT2D eigenvalue weighted by Gasteiger charge is -2.26. The summed E-state index contributed by atoms with van der Waals surface area (Å²) in [6.45, 7) is 12.4. The topological polar surface area (TPSA) is 128 Å². The minimum Gasteiger partial charge on any atom is -0.507 e. The number of benzene rings is 4. The van der Waals surface area contributed by atoms with E-state index in [1.807, 2.05) is 69.3 Å². The second kappa shape index (κ2) is 13.7. The lowest BCUT2D eigenvalue weighted by Crippen LogP contribution is -2.27. The number of carboxylic acid groups (broad SMARTS) is 1. The summed E-state index contributed by atoms with van der Waals surface area (Å²) < 4.78 is 0. The zero-order valence-electron chi connectivity index (χ0n) is 28.8. The molecule has 7 nitrogen and oxygen atoms in total. The number of rotatable bonds is 7. The largest absolute Gasteiger partial charge is 0.507 e. The molecule has 0 saturated heterocycles. The number of nitrogens with two attached hydrogens (primary N) is 1. The van der Waals surface area contributed by atoms with Gasteiger partial charge in [0.15, 0.2) is 0 Å². The number of aromatic hydroxyl groups is 2. The van der Waals surface area contributed by atoms with Crippen molar-refractivity contribution in [3.8, 4) is 33.8 Å². The smallest absolute Gasteiger partial charge is 0.335 e. The van der Waals surface area contributed by atoms with Crippen LogP contribution in [-0.4, -0.2) is 45.8 Å². The van der Waals surface area contributed by atoms with Crippen LogP contribution in [0.2, 0.25) is 0 Å². The Labute approximate surface area is 283 Å². The molecule has 1 aliphatic carbocycles. The first kappa shape index (κ1) is 34.4. The van der Waals surface area contributed by atoms with Gasteiger partial charge in [0.05, 0.1) is 17.6 Å². The first-order valence-electron chi connectivity index (χ1n) is 16.6. The van der Waals surface area contributed by atoms with Crippen LogP contribution in [0.25, 0.3) is 22.3 Å². The summed E-state index contributed by atoms with van der Waals surface area (Å²) in [6.07, 6.45) is 7.36. The summed E-state index contributed by atoms with van der Waals surface area (Å²) >= 11 is 0. The number of anilines is 1. The van der Waals surface area contributed by atoms with E-state index >= 15 is 0 Å². The fraction of sp³-hybridized carbons (Fsp3) is 0.341. The van der Waals surface area contributed by atoms with Crippen molar-refractivity contribution in [2.24, 2.45) is 9.98 Å². The van der Waals surface area contributed by atoms with Gasteiger partial charge in [-0.1, -0.05) is 78.6 Å². The van der Waals surface area contributed by atoms with E-state index in [4.69, 9.17) is 15.7 Å². The number of nitrogen functional groups attached to an aromatic ring is 1. The fourth-order valence-corrected chi connectivity index (χ4v) is 6.30. The Kier molecular flexibility index (Phi) is 9.81. The summed E-state index contributed by atoms with van der Waals surface area (Å²) in [4.78, 5) is 21.4. The molecule has 250 valence electrons. The molecule has 4 aromatic carbocycles. The molecule has 0 radical (unpaired) electrons. The molecule has 0 bridgehead atoms. The maximum atomic E-state index is 11.4. The molecule has 1 saturated carbocycles. The van der Waals surface area contributed by atoms with Crippen LogP contribution in [0.3, 0.4) is 0 Å². The Balaban J connectivity index is 1.49. The average molecular weight is 646 g/mol. The number of phenols is 2. The van der Waals surface area contributed by atoms with Crippen molar-refractivity contribution in [1.82, 2.24) is 0 Å². The van der Waals surface area contributed by atoms with Crippen LogP contribution in [-0.2, 0) is 10.8 Å². The number of hydrogen-bond acceptors (Lipinski definition) is 6. The molecule has 0 amide bonds. The van der Waals surface area contributed by atoms with Crippen molar-refractivity contribution in [2.45, 2.75) is 90.1 Å². The van der Waals surface area contributed by atoms with Crippen molar-refractivity contribution in [3.63, 3.8) is 0 Å². The summed E-state index contributed by atoms with van der Waals surface area (Å²) in [5, 5.41) is 32.1. The van der Waals surface area contributed by atoms with E-state index in [0.29, 0.717) is 16.8 Å². The Morgan fingerprint density at radius 2 is 1.17 bits per heavy atom. The molecule has 7 heteroatoms. The van der Waals surface area contributed by atoms with Gasteiger partial charge in [0.25, 0.3) is 0 Å². The number of aliphatic imine (C=N–C) groups is 2. The molecule has 0 aliphatic heterocycles. The Morgan fingerprint density at radius 1 is 0.688 bits per heavy atom. The molecular weight excluding hydrogens is 598 g/mol. The highest BCUT2D eigenvalue weighted by Gasteiger charge is 2.26. The Hall–Kier alpha value is -4.91. The van der Waals surface area contributed by atoms with E-state index in [1.54, 1.807) is 36.7 Å². The highest BCUT2D eigenvalue weighted by Crippen LogP contribution is 2.39. The summed E-state index contributed by atoms with van der Waals surface area (Å²) in [5.41, 5.74) is 12.9. The van der Waals surface area contributed by atoms with Gasteiger partial charge in [-0.2, -0.15) is 0 Å². The van der Waals surface area contributed by atoms with Gasteiger partial charge in [0.1, 0.15) is 11.5 Å². The second-order valence-corrected chi connectivity index (χ2v) is 14.9. The van der Waals surface area contributed by atoms with Gasteiger partial charge in [-0.25, -0.2) is 4.79 Å². The summed E-state index contributed by atoms with van der Waals surface area (Å²) in [5.74, 6) is -0.562. The number of carbonyl (C=O) groups is 1. The van der Waals surface area contributed by atoms with E-state index in [2.05, 4.69) is 20.8 Å². The van der Waals surface area contributed by atoms with Crippen LogP contribution in [0, 0.1) is 0 Å².